The summed E-state index contributed by atoms with van der Waals surface area (Å²) in [6.07, 6.45) is 0.763. The summed E-state index contributed by atoms with van der Waals surface area (Å²) in [7, 11) is 1.38. The van der Waals surface area contributed by atoms with E-state index in [4.69, 9.17) is 9.47 Å². The molecule has 1 heterocycles. The number of hydrogen-bond donors (Lipinski definition) is 0. The lowest BCUT2D eigenvalue weighted by atomic mass is 10.1. The fourth-order valence-electron chi connectivity index (χ4n) is 1.56. The van der Waals surface area contributed by atoms with Crippen LogP contribution in [0.4, 0.5) is 0 Å². The summed E-state index contributed by atoms with van der Waals surface area (Å²) in [4.78, 5) is 11.4. The molecular formula is C10H9BrO3. The zero-order valence-electron chi connectivity index (χ0n) is 7.67. The number of rotatable bonds is 1. The highest BCUT2D eigenvalue weighted by Gasteiger charge is 2.22. The van der Waals surface area contributed by atoms with E-state index in [0.29, 0.717) is 12.2 Å². The van der Waals surface area contributed by atoms with Gasteiger partial charge in [-0.1, -0.05) is 0 Å². The first-order valence-electron chi connectivity index (χ1n) is 4.26. The molecule has 2 rings (SSSR count). The van der Waals surface area contributed by atoms with Crippen LogP contribution in [0.3, 0.4) is 0 Å². The molecule has 0 bridgehead atoms. The van der Waals surface area contributed by atoms with Gasteiger partial charge in [0.1, 0.15) is 5.75 Å². The van der Waals surface area contributed by atoms with Gasteiger partial charge in [0.25, 0.3) is 0 Å². The summed E-state index contributed by atoms with van der Waals surface area (Å²) in [6, 6.07) is 3.56. The number of carbonyl (C=O) groups excluding carboxylic acids is 1. The molecule has 74 valence electrons. The maximum Gasteiger partial charge on any atom is 0.338 e. The van der Waals surface area contributed by atoms with Crippen molar-refractivity contribution in [2.24, 2.45) is 0 Å². The molecule has 3 nitrogen and oxygen atoms in total. The highest BCUT2D eigenvalue weighted by Crippen LogP contribution is 2.36. The number of hydrogen-bond acceptors (Lipinski definition) is 3. The number of methoxy groups -OCH3 is 1. The van der Waals surface area contributed by atoms with Gasteiger partial charge in [0.2, 0.25) is 0 Å². The van der Waals surface area contributed by atoms with Crippen molar-refractivity contribution in [3.8, 4) is 5.75 Å². The topological polar surface area (TPSA) is 35.5 Å². The van der Waals surface area contributed by atoms with Crippen molar-refractivity contribution in [1.29, 1.82) is 0 Å². The van der Waals surface area contributed by atoms with Gasteiger partial charge in [0.05, 0.1) is 23.8 Å². The van der Waals surface area contributed by atoms with Crippen LogP contribution in [-0.2, 0) is 11.2 Å². The van der Waals surface area contributed by atoms with Crippen molar-refractivity contribution in [3.05, 3.63) is 27.7 Å². The molecule has 0 amide bonds. The second-order valence-electron chi connectivity index (χ2n) is 2.99. The van der Waals surface area contributed by atoms with Crippen LogP contribution in [0.5, 0.6) is 5.75 Å². The van der Waals surface area contributed by atoms with E-state index in [0.717, 1.165) is 22.2 Å². The molecule has 0 spiro atoms. The van der Waals surface area contributed by atoms with Gasteiger partial charge in [-0.15, -0.1) is 0 Å². The molecule has 1 aromatic carbocycles. The van der Waals surface area contributed by atoms with Crippen LogP contribution in [0.2, 0.25) is 0 Å². The normalized spacial score (nSPS) is 13.3. The Morgan fingerprint density at radius 3 is 3.07 bits per heavy atom. The summed E-state index contributed by atoms with van der Waals surface area (Å²) in [5.41, 5.74) is 1.54. The number of halogens is 1. The number of esters is 1. The number of benzene rings is 1. The average molecular weight is 257 g/mol. The van der Waals surface area contributed by atoms with Gasteiger partial charge < -0.3 is 9.47 Å². The van der Waals surface area contributed by atoms with Gasteiger partial charge in [-0.2, -0.15) is 0 Å². The van der Waals surface area contributed by atoms with E-state index in [1.807, 2.05) is 0 Å². The zero-order valence-corrected chi connectivity index (χ0v) is 9.26. The first-order valence-corrected chi connectivity index (χ1v) is 5.06. The van der Waals surface area contributed by atoms with E-state index < -0.39 is 0 Å². The van der Waals surface area contributed by atoms with Crippen LogP contribution in [-0.4, -0.2) is 19.7 Å². The monoisotopic (exact) mass is 256 g/mol. The maximum absolute atomic E-state index is 11.4. The standard InChI is InChI=1S/C10H9BrO3/c1-13-10(12)7-2-3-8(11)9-6(7)4-5-14-9/h2-3H,4-5H2,1H3. The third-order valence-electron chi connectivity index (χ3n) is 2.22. The van der Waals surface area contributed by atoms with Crippen molar-refractivity contribution in [3.63, 3.8) is 0 Å². The summed E-state index contributed by atoms with van der Waals surface area (Å²) in [5, 5.41) is 0. The Morgan fingerprint density at radius 2 is 2.36 bits per heavy atom. The third kappa shape index (κ3) is 1.39. The number of fused-ring (bicyclic) bond motifs is 1. The summed E-state index contributed by atoms with van der Waals surface area (Å²) in [5.74, 6) is 0.465. The number of ether oxygens (including phenoxy) is 2. The van der Waals surface area contributed by atoms with Crippen molar-refractivity contribution < 1.29 is 14.3 Å². The van der Waals surface area contributed by atoms with Gasteiger partial charge in [-0.05, 0) is 28.1 Å². The molecular weight excluding hydrogens is 248 g/mol. The van der Waals surface area contributed by atoms with Crippen molar-refractivity contribution >= 4 is 21.9 Å². The lowest BCUT2D eigenvalue weighted by molar-refractivity contribution is 0.0599. The highest BCUT2D eigenvalue weighted by atomic mass is 79.9. The van der Waals surface area contributed by atoms with E-state index in [1.54, 1.807) is 12.1 Å². The highest BCUT2D eigenvalue weighted by molar-refractivity contribution is 9.10. The molecule has 0 saturated heterocycles. The lowest BCUT2D eigenvalue weighted by Crippen LogP contribution is -2.04. The Labute approximate surface area is 90.1 Å². The minimum atomic E-state index is -0.306. The largest absolute Gasteiger partial charge is 0.492 e. The molecule has 1 aromatic rings. The van der Waals surface area contributed by atoms with Gasteiger partial charge in [-0.25, -0.2) is 4.79 Å². The van der Waals surface area contributed by atoms with Crippen LogP contribution in [0.15, 0.2) is 16.6 Å². The predicted octanol–water partition coefficient (Wildman–Crippen LogP) is 2.17. The van der Waals surface area contributed by atoms with Crippen molar-refractivity contribution in [1.82, 2.24) is 0 Å². The number of carbonyl (C=O) groups is 1. The van der Waals surface area contributed by atoms with Crippen molar-refractivity contribution in [2.75, 3.05) is 13.7 Å². The molecule has 0 unspecified atom stereocenters. The SMILES string of the molecule is COC(=O)c1ccc(Br)c2c1CCO2. The molecule has 0 N–H and O–H groups in total. The molecule has 1 aliphatic heterocycles. The van der Waals surface area contributed by atoms with Gasteiger partial charge in [-0.3, -0.25) is 0 Å². The van der Waals surface area contributed by atoms with Gasteiger partial charge >= 0.3 is 5.97 Å². The van der Waals surface area contributed by atoms with Gasteiger partial charge in [0.15, 0.2) is 0 Å². The molecule has 0 fully saturated rings. The second kappa shape index (κ2) is 3.61. The predicted molar refractivity (Wildman–Crippen MR) is 54.7 cm³/mol. The van der Waals surface area contributed by atoms with Crippen LogP contribution in [0, 0.1) is 0 Å². The van der Waals surface area contributed by atoms with Crippen molar-refractivity contribution in [2.45, 2.75) is 6.42 Å². The molecule has 4 heteroatoms. The Bertz CT molecular complexity index is 387. The van der Waals surface area contributed by atoms with Crippen LogP contribution in [0.1, 0.15) is 15.9 Å². The Balaban J connectivity index is 2.53. The smallest absolute Gasteiger partial charge is 0.338 e. The Hall–Kier alpha value is -1.03. The zero-order chi connectivity index (χ0) is 10.1. The molecule has 14 heavy (non-hydrogen) atoms. The quantitative estimate of drug-likeness (QED) is 0.723. The lowest BCUT2D eigenvalue weighted by Gasteiger charge is -2.06. The summed E-state index contributed by atoms with van der Waals surface area (Å²) < 4.78 is 11.0. The third-order valence-corrected chi connectivity index (χ3v) is 2.84. The fraction of sp³-hybridized carbons (Fsp3) is 0.300. The Kier molecular flexibility index (Phi) is 2.46. The average Bonchev–Trinajstić information content (AvgIpc) is 2.67. The van der Waals surface area contributed by atoms with E-state index in [1.165, 1.54) is 7.11 Å². The molecule has 1 aliphatic rings. The van der Waals surface area contributed by atoms with Gasteiger partial charge in [0, 0.05) is 12.0 Å². The fourth-order valence-corrected chi connectivity index (χ4v) is 2.05. The van der Waals surface area contributed by atoms with E-state index >= 15 is 0 Å². The van der Waals surface area contributed by atoms with Crippen LogP contribution < -0.4 is 4.74 Å². The molecule has 0 aromatic heterocycles. The molecule has 0 radical (unpaired) electrons. The molecule has 0 saturated carbocycles. The summed E-state index contributed by atoms with van der Waals surface area (Å²) in [6.45, 7) is 0.627. The first kappa shape index (κ1) is 9.52. The van der Waals surface area contributed by atoms with E-state index in [9.17, 15) is 4.79 Å². The minimum Gasteiger partial charge on any atom is -0.492 e. The molecule has 0 aliphatic carbocycles. The Morgan fingerprint density at radius 1 is 1.57 bits per heavy atom. The molecule has 0 atom stereocenters. The minimum absolute atomic E-state index is 0.306. The summed E-state index contributed by atoms with van der Waals surface area (Å²) >= 11 is 3.38. The van der Waals surface area contributed by atoms with Crippen LogP contribution in [0.25, 0.3) is 0 Å². The maximum atomic E-state index is 11.4. The first-order chi connectivity index (χ1) is 6.74. The van der Waals surface area contributed by atoms with E-state index in [-0.39, 0.29) is 5.97 Å². The van der Waals surface area contributed by atoms with E-state index in [2.05, 4.69) is 15.9 Å². The second-order valence-corrected chi connectivity index (χ2v) is 3.85. The van der Waals surface area contributed by atoms with Crippen LogP contribution >= 0.6 is 15.9 Å².